The zero-order valence-corrected chi connectivity index (χ0v) is 14.3. The molecule has 3 aromatic carbocycles. The first-order valence-corrected chi connectivity index (χ1v) is 8.63. The Morgan fingerprint density at radius 1 is 0.923 bits per heavy atom. The van der Waals surface area contributed by atoms with Crippen molar-refractivity contribution in [2.75, 3.05) is 6.54 Å². The van der Waals surface area contributed by atoms with Crippen molar-refractivity contribution >= 4 is 6.09 Å². The molecule has 3 aromatic rings. The Balaban J connectivity index is 1.63. The summed E-state index contributed by atoms with van der Waals surface area (Å²) in [5.41, 5.74) is 4.32. The van der Waals surface area contributed by atoms with Gasteiger partial charge in [-0.1, -0.05) is 54.6 Å². The Hall–Kier alpha value is -3.27. The number of hydrogen-bond donors (Lipinski definition) is 1. The molecule has 0 atom stereocenters. The molecule has 0 aromatic heterocycles. The quantitative estimate of drug-likeness (QED) is 0.711. The van der Waals surface area contributed by atoms with Crippen LogP contribution in [0.25, 0.3) is 11.1 Å². The fourth-order valence-electron chi connectivity index (χ4n) is 3.30. The Bertz CT molecular complexity index is 937. The molecule has 26 heavy (non-hydrogen) atoms. The minimum absolute atomic E-state index is 0.405. The van der Waals surface area contributed by atoms with Crippen molar-refractivity contribution < 1.29 is 14.6 Å². The van der Waals surface area contributed by atoms with E-state index < -0.39 is 6.09 Å². The van der Waals surface area contributed by atoms with Crippen LogP contribution in [0.1, 0.15) is 11.1 Å². The average molecular weight is 345 g/mol. The van der Waals surface area contributed by atoms with E-state index in [0.717, 1.165) is 34.6 Å². The van der Waals surface area contributed by atoms with Crippen LogP contribution in [-0.2, 0) is 13.0 Å². The molecule has 0 radical (unpaired) electrons. The Kier molecular flexibility index (Phi) is 4.32. The minimum Gasteiger partial charge on any atom is -0.465 e. The lowest BCUT2D eigenvalue weighted by atomic mass is 10.00. The molecule has 1 N–H and O–H groups in total. The first kappa shape index (κ1) is 16.2. The summed E-state index contributed by atoms with van der Waals surface area (Å²) in [6.07, 6.45) is -0.140. The van der Waals surface area contributed by atoms with E-state index in [0.29, 0.717) is 13.1 Å². The fourth-order valence-corrected chi connectivity index (χ4v) is 3.30. The summed E-state index contributed by atoms with van der Waals surface area (Å²) in [7, 11) is 0. The number of amides is 1. The van der Waals surface area contributed by atoms with Gasteiger partial charge in [0.05, 0.1) is 0 Å². The van der Waals surface area contributed by atoms with E-state index in [1.54, 1.807) is 0 Å². The number of fused-ring (bicyclic) bond motifs is 1. The van der Waals surface area contributed by atoms with Crippen LogP contribution in [0, 0.1) is 0 Å². The molecule has 0 spiro atoms. The Labute approximate surface area is 152 Å². The molecule has 0 fully saturated rings. The normalized spacial score (nSPS) is 13.2. The molecule has 4 heteroatoms. The fraction of sp³-hybridized carbons (Fsp3) is 0.136. The van der Waals surface area contributed by atoms with Gasteiger partial charge in [-0.2, -0.15) is 0 Å². The third-order valence-electron chi connectivity index (χ3n) is 4.66. The number of carboxylic acid groups (broad SMARTS) is 1. The van der Waals surface area contributed by atoms with Gasteiger partial charge in [-0.25, -0.2) is 4.79 Å². The molecular formula is C22H19NO3. The predicted octanol–water partition coefficient (Wildman–Crippen LogP) is 5.18. The number of benzene rings is 3. The maximum absolute atomic E-state index is 11.2. The summed E-state index contributed by atoms with van der Waals surface area (Å²) < 4.78 is 6.16. The third kappa shape index (κ3) is 3.26. The van der Waals surface area contributed by atoms with Crippen molar-refractivity contribution in [3.05, 3.63) is 83.9 Å². The lowest BCUT2D eigenvalue weighted by Gasteiger charge is -2.26. The second-order valence-electron chi connectivity index (χ2n) is 6.35. The van der Waals surface area contributed by atoms with Crippen molar-refractivity contribution in [1.82, 2.24) is 4.90 Å². The SMILES string of the molecule is O=C(O)N1CCc2ccc(Oc3ccccc3-c3ccccc3)cc2C1. The van der Waals surface area contributed by atoms with Gasteiger partial charge in [-0.3, -0.25) is 0 Å². The molecule has 1 aliphatic heterocycles. The summed E-state index contributed by atoms with van der Waals surface area (Å²) in [6.45, 7) is 0.946. The van der Waals surface area contributed by atoms with Crippen molar-refractivity contribution in [2.24, 2.45) is 0 Å². The molecule has 4 nitrogen and oxygen atoms in total. The van der Waals surface area contributed by atoms with Crippen molar-refractivity contribution in [2.45, 2.75) is 13.0 Å². The van der Waals surface area contributed by atoms with Crippen molar-refractivity contribution in [3.63, 3.8) is 0 Å². The zero-order valence-electron chi connectivity index (χ0n) is 14.3. The minimum atomic E-state index is -0.878. The summed E-state index contributed by atoms with van der Waals surface area (Å²) in [5, 5.41) is 9.23. The number of ether oxygens (including phenoxy) is 1. The standard InChI is InChI=1S/C22H19NO3/c24-22(25)23-13-12-16-10-11-19(14-18(16)15-23)26-21-9-5-4-8-20(21)17-6-2-1-3-7-17/h1-11,14H,12-13,15H2,(H,24,25). The molecule has 0 saturated heterocycles. The highest BCUT2D eigenvalue weighted by atomic mass is 16.5. The highest BCUT2D eigenvalue weighted by Crippen LogP contribution is 2.34. The summed E-state index contributed by atoms with van der Waals surface area (Å²) in [4.78, 5) is 12.7. The smallest absolute Gasteiger partial charge is 0.407 e. The lowest BCUT2D eigenvalue weighted by Crippen LogP contribution is -2.34. The maximum Gasteiger partial charge on any atom is 0.407 e. The Morgan fingerprint density at radius 2 is 1.69 bits per heavy atom. The van der Waals surface area contributed by atoms with Crippen LogP contribution < -0.4 is 4.74 Å². The van der Waals surface area contributed by atoms with Crippen molar-refractivity contribution in [3.8, 4) is 22.6 Å². The summed E-state index contributed by atoms with van der Waals surface area (Å²) in [6, 6.07) is 24.0. The predicted molar refractivity (Wildman–Crippen MR) is 101 cm³/mol. The van der Waals surface area contributed by atoms with E-state index in [-0.39, 0.29) is 0 Å². The zero-order chi connectivity index (χ0) is 17.9. The van der Waals surface area contributed by atoms with Crippen LogP contribution in [0.2, 0.25) is 0 Å². The molecule has 1 amide bonds. The molecule has 0 bridgehead atoms. The first-order valence-electron chi connectivity index (χ1n) is 8.63. The van der Waals surface area contributed by atoms with E-state index in [1.807, 2.05) is 60.7 Å². The number of rotatable bonds is 3. The van der Waals surface area contributed by atoms with Crippen LogP contribution in [0.5, 0.6) is 11.5 Å². The summed E-state index contributed by atoms with van der Waals surface area (Å²) >= 11 is 0. The first-order chi connectivity index (χ1) is 12.7. The second kappa shape index (κ2) is 6.92. The van der Waals surface area contributed by atoms with Crippen LogP contribution >= 0.6 is 0 Å². The molecule has 1 heterocycles. The van der Waals surface area contributed by atoms with E-state index in [2.05, 4.69) is 12.1 Å². The number of hydrogen-bond acceptors (Lipinski definition) is 2. The molecule has 0 saturated carbocycles. The molecule has 0 aliphatic carbocycles. The lowest BCUT2D eigenvalue weighted by molar-refractivity contribution is 0.140. The van der Waals surface area contributed by atoms with Gasteiger partial charge in [0, 0.05) is 18.7 Å². The highest BCUT2D eigenvalue weighted by Gasteiger charge is 2.20. The van der Waals surface area contributed by atoms with Gasteiger partial charge in [0.2, 0.25) is 0 Å². The highest BCUT2D eigenvalue weighted by molar-refractivity contribution is 5.70. The Morgan fingerprint density at radius 3 is 2.50 bits per heavy atom. The van der Waals surface area contributed by atoms with Gasteiger partial charge in [0.15, 0.2) is 0 Å². The topological polar surface area (TPSA) is 49.8 Å². The van der Waals surface area contributed by atoms with Gasteiger partial charge >= 0.3 is 6.09 Å². The van der Waals surface area contributed by atoms with Gasteiger partial charge in [0.1, 0.15) is 11.5 Å². The van der Waals surface area contributed by atoms with Crippen LogP contribution in [0.3, 0.4) is 0 Å². The van der Waals surface area contributed by atoms with Crippen molar-refractivity contribution in [1.29, 1.82) is 0 Å². The van der Waals surface area contributed by atoms with Crippen LogP contribution in [-0.4, -0.2) is 22.6 Å². The molecular weight excluding hydrogens is 326 g/mol. The van der Waals surface area contributed by atoms with Gasteiger partial charge in [0.25, 0.3) is 0 Å². The average Bonchev–Trinajstić information content (AvgIpc) is 2.68. The van der Waals surface area contributed by atoms with E-state index in [1.165, 1.54) is 10.5 Å². The molecule has 0 unspecified atom stereocenters. The maximum atomic E-state index is 11.2. The molecule has 130 valence electrons. The van der Waals surface area contributed by atoms with Gasteiger partial charge in [-0.15, -0.1) is 0 Å². The van der Waals surface area contributed by atoms with Gasteiger partial charge < -0.3 is 14.7 Å². The van der Waals surface area contributed by atoms with Gasteiger partial charge in [-0.05, 0) is 41.3 Å². The number of para-hydroxylation sites is 1. The molecule has 1 aliphatic rings. The third-order valence-corrected chi connectivity index (χ3v) is 4.66. The monoisotopic (exact) mass is 345 g/mol. The summed E-state index contributed by atoms with van der Waals surface area (Å²) in [5.74, 6) is 1.50. The number of carbonyl (C=O) groups is 1. The second-order valence-corrected chi connectivity index (χ2v) is 6.35. The van der Waals surface area contributed by atoms with E-state index in [4.69, 9.17) is 4.74 Å². The molecule has 4 rings (SSSR count). The number of nitrogens with zero attached hydrogens (tertiary/aromatic N) is 1. The van der Waals surface area contributed by atoms with E-state index >= 15 is 0 Å². The van der Waals surface area contributed by atoms with Crippen LogP contribution in [0.15, 0.2) is 72.8 Å². The van der Waals surface area contributed by atoms with E-state index in [9.17, 15) is 9.90 Å². The van der Waals surface area contributed by atoms with Crippen LogP contribution in [0.4, 0.5) is 4.79 Å². The largest absolute Gasteiger partial charge is 0.465 e.